The lowest BCUT2D eigenvalue weighted by atomic mass is 9.93. The minimum atomic E-state index is -3.61. The molecule has 0 radical (unpaired) electrons. The molecule has 0 fully saturated rings. The van der Waals surface area contributed by atoms with E-state index in [1.54, 1.807) is 17.1 Å². The van der Waals surface area contributed by atoms with E-state index in [0.29, 0.717) is 32.5 Å². The molecular weight excluding hydrogens is 276 g/mol. The van der Waals surface area contributed by atoms with E-state index >= 15 is 0 Å². The summed E-state index contributed by atoms with van der Waals surface area (Å²) >= 11 is 0. The Hall–Kier alpha value is -0.920. The molecule has 0 saturated heterocycles. The molecule has 0 unspecified atom stereocenters. The van der Waals surface area contributed by atoms with E-state index in [0.717, 1.165) is 0 Å². The minimum Gasteiger partial charge on any atom is -0.336 e. The first-order valence-corrected chi connectivity index (χ1v) is 8.60. The summed E-state index contributed by atoms with van der Waals surface area (Å²) in [7, 11) is -3.61. The first kappa shape index (κ1) is 17.1. The summed E-state index contributed by atoms with van der Waals surface area (Å²) in [6.45, 7) is 9.11. The highest BCUT2D eigenvalue weighted by atomic mass is 32.2. The van der Waals surface area contributed by atoms with Gasteiger partial charge < -0.3 is 10.3 Å². The SMILES string of the molecule is CCN(C(CC)(CC)CN)S(=O)(=O)c1cn(CC)cn1. The second-order valence-corrected chi connectivity index (χ2v) is 6.66. The molecule has 1 aromatic rings. The highest BCUT2D eigenvalue weighted by Crippen LogP contribution is 2.28. The van der Waals surface area contributed by atoms with E-state index in [1.165, 1.54) is 4.31 Å². The van der Waals surface area contributed by atoms with Crippen LogP contribution in [0.25, 0.3) is 0 Å². The molecule has 0 aliphatic heterocycles. The molecule has 0 spiro atoms. The van der Waals surface area contributed by atoms with Gasteiger partial charge in [0.15, 0.2) is 5.03 Å². The van der Waals surface area contributed by atoms with Crippen molar-refractivity contribution >= 4 is 10.0 Å². The third kappa shape index (κ3) is 2.89. The number of hydrogen-bond acceptors (Lipinski definition) is 4. The minimum absolute atomic E-state index is 0.0981. The second kappa shape index (κ2) is 6.69. The summed E-state index contributed by atoms with van der Waals surface area (Å²) in [6.07, 6.45) is 4.48. The van der Waals surface area contributed by atoms with Crippen LogP contribution in [0.2, 0.25) is 0 Å². The summed E-state index contributed by atoms with van der Waals surface area (Å²) < 4.78 is 28.9. The maximum Gasteiger partial charge on any atom is 0.262 e. The fraction of sp³-hybridized carbons (Fsp3) is 0.769. The number of sulfonamides is 1. The number of aryl methyl sites for hydroxylation is 1. The summed E-state index contributed by atoms with van der Waals surface area (Å²) in [5.74, 6) is 0. The van der Waals surface area contributed by atoms with Gasteiger partial charge in [-0.3, -0.25) is 0 Å². The molecule has 1 rings (SSSR count). The third-order valence-corrected chi connectivity index (χ3v) is 6.01. The fourth-order valence-corrected chi connectivity index (χ4v) is 4.37. The first-order valence-electron chi connectivity index (χ1n) is 7.16. The molecule has 0 aromatic carbocycles. The number of imidazole rings is 1. The zero-order valence-corrected chi connectivity index (χ0v) is 13.7. The molecule has 0 aliphatic carbocycles. The third-order valence-electron chi connectivity index (χ3n) is 4.04. The normalized spacial score (nSPS) is 13.1. The summed E-state index contributed by atoms with van der Waals surface area (Å²) in [6, 6.07) is 0. The molecule has 2 N–H and O–H groups in total. The molecule has 116 valence electrons. The van der Waals surface area contributed by atoms with Crippen LogP contribution >= 0.6 is 0 Å². The van der Waals surface area contributed by atoms with Crippen LogP contribution < -0.4 is 5.73 Å². The molecule has 6 nitrogen and oxygen atoms in total. The Morgan fingerprint density at radius 1 is 1.30 bits per heavy atom. The zero-order chi connectivity index (χ0) is 15.4. The van der Waals surface area contributed by atoms with Crippen LogP contribution in [0.5, 0.6) is 0 Å². The van der Waals surface area contributed by atoms with E-state index in [-0.39, 0.29) is 5.03 Å². The molecule has 1 heterocycles. The Morgan fingerprint density at radius 2 is 1.90 bits per heavy atom. The summed E-state index contributed by atoms with van der Waals surface area (Å²) in [5.41, 5.74) is 5.34. The van der Waals surface area contributed by atoms with Crippen molar-refractivity contribution < 1.29 is 8.42 Å². The smallest absolute Gasteiger partial charge is 0.262 e. The van der Waals surface area contributed by atoms with E-state index in [4.69, 9.17) is 5.73 Å². The van der Waals surface area contributed by atoms with Crippen molar-refractivity contribution in [3.8, 4) is 0 Å². The van der Waals surface area contributed by atoms with Gasteiger partial charge in [0.05, 0.1) is 6.33 Å². The summed E-state index contributed by atoms with van der Waals surface area (Å²) in [4.78, 5) is 4.04. The molecule has 20 heavy (non-hydrogen) atoms. The number of nitrogens with zero attached hydrogens (tertiary/aromatic N) is 3. The van der Waals surface area contributed by atoms with Crippen LogP contribution in [0.15, 0.2) is 17.6 Å². The van der Waals surface area contributed by atoms with Gasteiger partial charge in [0.25, 0.3) is 10.0 Å². The first-order chi connectivity index (χ1) is 9.41. The van der Waals surface area contributed by atoms with E-state index in [2.05, 4.69) is 4.98 Å². The number of hydrogen-bond donors (Lipinski definition) is 1. The van der Waals surface area contributed by atoms with Gasteiger partial charge >= 0.3 is 0 Å². The largest absolute Gasteiger partial charge is 0.336 e. The number of likely N-dealkylation sites (N-methyl/N-ethyl adjacent to an activating group) is 1. The number of aromatic nitrogens is 2. The molecule has 1 aromatic heterocycles. The van der Waals surface area contributed by atoms with Crippen molar-refractivity contribution in [3.63, 3.8) is 0 Å². The standard InChI is InChI=1S/C13H26N4O2S/c1-5-13(6-2,10-14)17(8-4)20(18,19)12-9-16(7-3)11-15-12/h9,11H,5-8,10,14H2,1-4H3. The monoisotopic (exact) mass is 302 g/mol. The van der Waals surface area contributed by atoms with Gasteiger partial charge in [-0.1, -0.05) is 20.8 Å². The van der Waals surface area contributed by atoms with Crippen LogP contribution in [-0.2, 0) is 16.6 Å². The van der Waals surface area contributed by atoms with Crippen molar-refractivity contribution in [1.82, 2.24) is 13.9 Å². The van der Waals surface area contributed by atoms with Crippen LogP contribution in [0, 0.1) is 0 Å². The highest BCUT2D eigenvalue weighted by molar-refractivity contribution is 7.89. The Kier molecular flexibility index (Phi) is 5.73. The number of rotatable bonds is 8. The average molecular weight is 302 g/mol. The lowest BCUT2D eigenvalue weighted by Crippen LogP contribution is -2.55. The molecule has 7 heteroatoms. The highest BCUT2D eigenvalue weighted by Gasteiger charge is 2.40. The summed E-state index contributed by atoms with van der Waals surface area (Å²) in [5, 5.41) is 0.0981. The van der Waals surface area contributed by atoms with Crippen molar-refractivity contribution in [3.05, 3.63) is 12.5 Å². The lowest BCUT2D eigenvalue weighted by Gasteiger charge is -2.40. The van der Waals surface area contributed by atoms with E-state index < -0.39 is 15.6 Å². The van der Waals surface area contributed by atoms with Gasteiger partial charge in [-0.25, -0.2) is 13.4 Å². The quantitative estimate of drug-likeness (QED) is 0.787. The van der Waals surface area contributed by atoms with Crippen molar-refractivity contribution in [2.24, 2.45) is 5.73 Å². The Morgan fingerprint density at radius 3 is 2.25 bits per heavy atom. The predicted molar refractivity (Wildman–Crippen MR) is 79.8 cm³/mol. The van der Waals surface area contributed by atoms with Gasteiger partial charge in [-0.2, -0.15) is 4.31 Å². The lowest BCUT2D eigenvalue weighted by molar-refractivity contribution is 0.184. The molecule has 0 aliphatic rings. The van der Waals surface area contributed by atoms with E-state index in [1.807, 2.05) is 27.7 Å². The molecule has 0 saturated carbocycles. The van der Waals surface area contributed by atoms with Crippen molar-refractivity contribution in [1.29, 1.82) is 0 Å². The molecule has 0 atom stereocenters. The number of nitrogens with two attached hydrogens (primary N) is 1. The van der Waals surface area contributed by atoms with Gasteiger partial charge in [-0.15, -0.1) is 0 Å². The Bertz CT molecular complexity index is 512. The van der Waals surface area contributed by atoms with Gasteiger partial charge in [0.1, 0.15) is 0 Å². The van der Waals surface area contributed by atoms with Crippen LogP contribution in [0.4, 0.5) is 0 Å². The van der Waals surface area contributed by atoms with Crippen LogP contribution in [0.1, 0.15) is 40.5 Å². The van der Waals surface area contributed by atoms with Crippen molar-refractivity contribution in [2.75, 3.05) is 13.1 Å². The maximum absolute atomic E-state index is 12.8. The van der Waals surface area contributed by atoms with Crippen LogP contribution in [0.3, 0.4) is 0 Å². The maximum atomic E-state index is 12.8. The molecular formula is C13H26N4O2S. The molecule has 0 amide bonds. The Labute approximate surface area is 122 Å². The van der Waals surface area contributed by atoms with E-state index in [9.17, 15) is 8.42 Å². The Balaban J connectivity index is 3.28. The van der Waals surface area contributed by atoms with Gasteiger partial charge in [0.2, 0.25) is 0 Å². The predicted octanol–water partition coefficient (Wildman–Crippen LogP) is 1.43. The van der Waals surface area contributed by atoms with Crippen molar-refractivity contribution in [2.45, 2.75) is 57.6 Å². The fourth-order valence-electron chi connectivity index (χ4n) is 2.51. The zero-order valence-electron chi connectivity index (χ0n) is 12.8. The topological polar surface area (TPSA) is 81.2 Å². The van der Waals surface area contributed by atoms with Crippen LogP contribution in [-0.4, -0.2) is 40.9 Å². The second-order valence-electron chi connectivity index (χ2n) is 4.85. The molecule has 0 bridgehead atoms. The van der Waals surface area contributed by atoms with Gasteiger partial charge in [-0.05, 0) is 19.8 Å². The van der Waals surface area contributed by atoms with Gasteiger partial charge in [0, 0.05) is 31.4 Å². The average Bonchev–Trinajstić information content (AvgIpc) is 2.94.